The minimum Gasteiger partial charge on any atom is -0.398 e. The first-order chi connectivity index (χ1) is 13.2. The Morgan fingerprint density at radius 1 is 1.37 bits per heavy atom. The second-order valence-electron chi connectivity index (χ2n) is 6.16. The molecule has 1 fully saturated rings. The Bertz CT molecular complexity index is 858. The molecule has 1 aromatic heterocycles. The minimum atomic E-state index is -0.325. The lowest BCUT2D eigenvalue weighted by Crippen LogP contribution is -2.29. The predicted octanol–water partition coefficient (Wildman–Crippen LogP) is 2.88. The molecule has 0 saturated heterocycles. The summed E-state index contributed by atoms with van der Waals surface area (Å²) in [5, 5.41) is 13.7. The van der Waals surface area contributed by atoms with Crippen molar-refractivity contribution in [3.8, 4) is 0 Å². The molecule has 27 heavy (non-hydrogen) atoms. The summed E-state index contributed by atoms with van der Waals surface area (Å²) in [5.74, 6) is 0.0950. The van der Waals surface area contributed by atoms with Crippen molar-refractivity contribution in [1.29, 1.82) is 0 Å². The SMILES string of the molecule is CNC(=O)/C(=N/OC)c1cccc(C)c1CO/N=C(/c1nccs1)C1CC1. The van der Waals surface area contributed by atoms with Crippen molar-refractivity contribution < 1.29 is 14.5 Å². The van der Waals surface area contributed by atoms with Crippen molar-refractivity contribution in [2.75, 3.05) is 14.2 Å². The Morgan fingerprint density at radius 2 is 2.19 bits per heavy atom. The predicted molar refractivity (Wildman–Crippen MR) is 105 cm³/mol. The van der Waals surface area contributed by atoms with Crippen LogP contribution in [0.2, 0.25) is 0 Å². The average Bonchev–Trinajstić information content (AvgIpc) is 3.37. The maximum Gasteiger partial charge on any atom is 0.273 e. The molecule has 1 N–H and O–H groups in total. The Morgan fingerprint density at radius 3 is 2.81 bits per heavy atom. The van der Waals surface area contributed by atoms with Crippen LogP contribution in [-0.2, 0) is 21.1 Å². The molecular weight excluding hydrogens is 364 g/mol. The van der Waals surface area contributed by atoms with E-state index in [4.69, 9.17) is 9.68 Å². The van der Waals surface area contributed by atoms with Gasteiger partial charge in [0.05, 0.1) is 0 Å². The summed E-state index contributed by atoms with van der Waals surface area (Å²) >= 11 is 1.56. The van der Waals surface area contributed by atoms with Crippen LogP contribution in [0.25, 0.3) is 0 Å². The van der Waals surface area contributed by atoms with Crippen molar-refractivity contribution >= 4 is 28.7 Å². The normalized spacial score (nSPS) is 14.8. The first-order valence-corrected chi connectivity index (χ1v) is 9.55. The molecule has 0 aliphatic heterocycles. The van der Waals surface area contributed by atoms with Gasteiger partial charge in [-0.1, -0.05) is 28.5 Å². The van der Waals surface area contributed by atoms with E-state index in [2.05, 4.69) is 20.6 Å². The van der Waals surface area contributed by atoms with Crippen molar-refractivity contribution in [3.63, 3.8) is 0 Å². The highest BCUT2D eigenvalue weighted by Gasteiger charge is 2.31. The number of oxime groups is 2. The largest absolute Gasteiger partial charge is 0.398 e. The fourth-order valence-electron chi connectivity index (χ4n) is 2.70. The second kappa shape index (κ2) is 8.77. The third kappa shape index (κ3) is 4.51. The van der Waals surface area contributed by atoms with Crippen LogP contribution in [0.1, 0.15) is 34.5 Å². The quantitative estimate of drug-likeness (QED) is 0.558. The van der Waals surface area contributed by atoms with Crippen LogP contribution in [-0.4, -0.2) is 36.5 Å². The molecule has 1 heterocycles. The van der Waals surface area contributed by atoms with E-state index < -0.39 is 0 Å². The van der Waals surface area contributed by atoms with Crippen LogP contribution in [0, 0.1) is 12.8 Å². The van der Waals surface area contributed by atoms with Crippen molar-refractivity contribution in [2.45, 2.75) is 26.4 Å². The van der Waals surface area contributed by atoms with E-state index in [1.54, 1.807) is 24.6 Å². The van der Waals surface area contributed by atoms with Gasteiger partial charge in [-0.2, -0.15) is 0 Å². The van der Waals surface area contributed by atoms with Crippen molar-refractivity contribution in [1.82, 2.24) is 10.3 Å². The van der Waals surface area contributed by atoms with E-state index >= 15 is 0 Å². The molecule has 0 atom stereocenters. The van der Waals surface area contributed by atoms with Crippen molar-refractivity contribution in [2.24, 2.45) is 16.2 Å². The number of amides is 1. The summed E-state index contributed by atoms with van der Waals surface area (Å²) in [4.78, 5) is 27.1. The van der Waals surface area contributed by atoms with Gasteiger partial charge in [0.2, 0.25) is 0 Å². The molecule has 142 valence electrons. The topological polar surface area (TPSA) is 85.2 Å². The smallest absolute Gasteiger partial charge is 0.273 e. The van der Waals surface area contributed by atoms with Crippen LogP contribution in [0.3, 0.4) is 0 Å². The molecule has 1 saturated carbocycles. The lowest BCUT2D eigenvalue weighted by molar-refractivity contribution is -0.114. The Kier molecular flexibility index (Phi) is 6.18. The van der Waals surface area contributed by atoms with Gasteiger partial charge < -0.3 is 15.0 Å². The first-order valence-electron chi connectivity index (χ1n) is 8.67. The molecule has 0 bridgehead atoms. The summed E-state index contributed by atoms with van der Waals surface area (Å²) < 4.78 is 0. The van der Waals surface area contributed by atoms with Gasteiger partial charge in [0, 0.05) is 35.7 Å². The molecule has 0 spiro atoms. The van der Waals surface area contributed by atoms with E-state index in [1.165, 1.54) is 7.11 Å². The maximum absolute atomic E-state index is 12.2. The number of carbonyl (C=O) groups excluding carboxylic acids is 1. The zero-order valence-electron chi connectivity index (χ0n) is 15.6. The highest BCUT2D eigenvalue weighted by molar-refractivity contribution is 7.11. The number of hydrogen-bond donors (Lipinski definition) is 1. The fraction of sp³-hybridized carbons (Fsp3) is 0.368. The Balaban J connectivity index is 1.85. The number of aromatic nitrogens is 1. The summed E-state index contributed by atoms with van der Waals surface area (Å²) in [6.45, 7) is 2.19. The third-order valence-electron chi connectivity index (χ3n) is 4.28. The lowest BCUT2D eigenvalue weighted by atomic mass is 9.98. The van der Waals surface area contributed by atoms with Gasteiger partial charge in [-0.25, -0.2) is 4.98 Å². The standard InChI is InChI=1S/C19H22N4O3S/c1-12-5-4-6-14(17(22-25-3)18(24)20-2)15(12)11-26-23-16(13-7-8-13)19-21-9-10-27-19/h4-6,9-10,13H,7-8,11H2,1-3H3,(H,20,24)/b22-17+,23-16+. The van der Waals surface area contributed by atoms with Gasteiger partial charge >= 0.3 is 0 Å². The number of nitrogens with zero attached hydrogens (tertiary/aromatic N) is 3. The van der Waals surface area contributed by atoms with Gasteiger partial charge in [0.25, 0.3) is 5.91 Å². The number of rotatable bonds is 8. The number of likely N-dealkylation sites (N-methyl/N-ethyl adjacent to an activating group) is 1. The number of nitrogens with one attached hydrogen (secondary N) is 1. The van der Waals surface area contributed by atoms with Crippen LogP contribution in [0.5, 0.6) is 0 Å². The number of aryl methyl sites for hydroxylation is 1. The third-order valence-corrected chi connectivity index (χ3v) is 5.07. The number of thiazole rings is 1. The van der Waals surface area contributed by atoms with Gasteiger partial charge in [-0.3, -0.25) is 4.79 Å². The highest BCUT2D eigenvalue weighted by Crippen LogP contribution is 2.34. The molecule has 8 heteroatoms. The van der Waals surface area contributed by atoms with E-state index in [9.17, 15) is 4.79 Å². The number of benzene rings is 1. The van der Waals surface area contributed by atoms with Crippen LogP contribution in [0.4, 0.5) is 0 Å². The molecule has 0 radical (unpaired) electrons. The molecule has 2 aromatic rings. The number of hydrogen-bond acceptors (Lipinski definition) is 7. The molecule has 0 unspecified atom stereocenters. The summed E-state index contributed by atoms with van der Waals surface area (Å²) in [7, 11) is 2.97. The van der Waals surface area contributed by atoms with Gasteiger partial charge in [-0.15, -0.1) is 11.3 Å². The molecule has 1 aromatic carbocycles. The summed E-state index contributed by atoms with van der Waals surface area (Å²) in [5.41, 5.74) is 3.59. The molecule has 1 aliphatic rings. The van der Waals surface area contributed by atoms with Crippen LogP contribution >= 0.6 is 11.3 Å². The van der Waals surface area contributed by atoms with E-state index in [1.807, 2.05) is 30.5 Å². The molecule has 1 amide bonds. The average molecular weight is 386 g/mol. The fourth-order valence-corrected chi connectivity index (χ4v) is 3.40. The zero-order chi connectivity index (χ0) is 19.2. The van der Waals surface area contributed by atoms with E-state index in [0.717, 1.165) is 34.7 Å². The summed E-state index contributed by atoms with van der Waals surface area (Å²) in [6.07, 6.45) is 3.99. The van der Waals surface area contributed by atoms with Gasteiger partial charge in [-0.05, 0) is 25.3 Å². The van der Waals surface area contributed by atoms with E-state index in [0.29, 0.717) is 11.5 Å². The van der Waals surface area contributed by atoms with Gasteiger partial charge in [0.1, 0.15) is 24.4 Å². The Hall–Kier alpha value is -2.74. The molecule has 7 nitrogen and oxygen atoms in total. The molecule has 1 aliphatic carbocycles. The highest BCUT2D eigenvalue weighted by atomic mass is 32.1. The van der Waals surface area contributed by atoms with Crippen LogP contribution < -0.4 is 5.32 Å². The number of carbonyl (C=O) groups is 1. The maximum atomic E-state index is 12.2. The molecule has 3 rings (SSSR count). The first kappa shape index (κ1) is 19.0. The monoisotopic (exact) mass is 386 g/mol. The second-order valence-corrected chi connectivity index (χ2v) is 7.06. The Labute approximate surface area is 162 Å². The van der Waals surface area contributed by atoms with Crippen LogP contribution in [0.15, 0.2) is 40.1 Å². The van der Waals surface area contributed by atoms with Gasteiger partial charge in [0.15, 0.2) is 5.71 Å². The van der Waals surface area contributed by atoms with E-state index in [-0.39, 0.29) is 18.2 Å². The lowest BCUT2D eigenvalue weighted by Gasteiger charge is -2.13. The summed E-state index contributed by atoms with van der Waals surface area (Å²) in [6, 6.07) is 5.66. The zero-order valence-corrected chi connectivity index (χ0v) is 16.4. The van der Waals surface area contributed by atoms with Crippen molar-refractivity contribution in [3.05, 3.63) is 51.5 Å². The molecular formula is C19H22N4O3S. The minimum absolute atomic E-state index is 0.202.